The fraction of sp³-hybridized carbons (Fsp3) is 0.556. The first-order valence-corrected chi connectivity index (χ1v) is 4.70. The first-order chi connectivity index (χ1) is 6.65. The number of hydrazine groups is 1. The van der Waals surface area contributed by atoms with Crippen molar-refractivity contribution < 1.29 is 4.79 Å². The molecule has 0 saturated heterocycles. The maximum Gasteiger partial charge on any atom is 0.270 e. The summed E-state index contributed by atoms with van der Waals surface area (Å²) in [5, 5.41) is 5.15. The predicted molar refractivity (Wildman–Crippen MR) is 53.3 cm³/mol. The maximum absolute atomic E-state index is 11.6. The van der Waals surface area contributed by atoms with Crippen LogP contribution in [0, 0.1) is 0 Å². The number of unbranched alkanes of at least 4 members (excludes halogenated alkanes) is 1. The summed E-state index contributed by atoms with van der Waals surface area (Å²) in [5.41, 5.74) is 0.533. The highest BCUT2D eigenvalue weighted by molar-refractivity contribution is 5.93. The lowest BCUT2D eigenvalue weighted by Gasteiger charge is -2.14. The second kappa shape index (κ2) is 4.76. The van der Waals surface area contributed by atoms with Crippen molar-refractivity contribution in [2.24, 2.45) is 12.9 Å². The normalized spacial score (nSPS) is 10.2. The standard InChI is InChI=1S/C9H16N4O/c1-3-4-5-13(10)9(14)8-6-11-12(2)7-8/h6-7H,3-5,10H2,1-2H3. The van der Waals surface area contributed by atoms with Gasteiger partial charge in [0.05, 0.1) is 11.8 Å². The van der Waals surface area contributed by atoms with Gasteiger partial charge in [-0.1, -0.05) is 13.3 Å². The third kappa shape index (κ3) is 2.56. The van der Waals surface area contributed by atoms with Crippen LogP contribution in [0.2, 0.25) is 0 Å². The van der Waals surface area contributed by atoms with Crippen LogP contribution < -0.4 is 5.84 Å². The lowest BCUT2D eigenvalue weighted by atomic mass is 10.3. The van der Waals surface area contributed by atoms with Gasteiger partial charge in [-0.15, -0.1) is 0 Å². The Labute approximate surface area is 83.5 Å². The average molecular weight is 196 g/mol. The van der Waals surface area contributed by atoms with Gasteiger partial charge in [-0.05, 0) is 6.42 Å². The summed E-state index contributed by atoms with van der Waals surface area (Å²) in [7, 11) is 1.77. The van der Waals surface area contributed by atoms with E-state index in [1.165, 1.54) is 11.2 Å². The molecule has 0 radical (unpaired) electrons. The van der Waals surface area contributed by atoms with E-state index < -0.39 is 0 Å². The summed E-state index contributed by atoms with van der Waals surface area (Å²) in [6.07, 6.45) is 5.12. The highest BCUT2D eigenvalue weighted by Crippen LogP contribution is 2.01. The molecule has 0 spiro atoms. The highest BCUT2D eigenvalue weighted by Gasteiger charge is 2.12. The number of aromatic nitrogens is 2. The van der Waals surface area contributed by atoms with Gasteiger partial charge in [-0.2, -0.15) is 5.10 Å². The lowest BCUT2D eigenvalue weighted by molar-refractivity contribution is 0.0753. The van der Waals surface area contributed by atoms with Gasteiger partial charge in [0.2, 0.25) is 0 Å². The number of nitrogens with zero attached hydrogens (tertiary/aromatic N) is 3. The molecule has 0 unspecified atom stereocenters. The Morgan fingerprint density at radius 2 is 2.43 bits per heavy atom. The van der Waals surface area contributed by atoms with Crippen molar-refractivity contribution >= 4 is 5.91 Å². The van der Waals surface area contributed by atoms with E-state index >= 15 is 0 Å². The molecule has 2 N–H and O–H groups in total. The monoisotopic (exact) mass is 196 g/mol. The molecule has 5 nitrogen and oxygen atoms in total. The van der Waals surface area contributed by atoms with Crippen molar-refractivity contribution in [1.82, 2.24) is 14.8 Å². The Morgan fingerprint density at radius 3 is 2.93 bits per heavy atom. The fourth-order valence-electron chi connectivity index (χ4n) is 1.13. The van der Waals surface area contributed by atoms with Crippen LogP contribution in [-0.4, -0.2) is 27.2 Å². The van der Waals surface area contributed by atoms with Gasteiger partial charge in [0.15, 0.2) is 0 Å². The summed E-state index contributed by atoms with van der Waals surface area (Å²) in [6, 6.07) is 0. The molecule has 0 bridgehead atoms. The lowest BCUT2D eigenvalue weighted by Crippen LogP contribution is -2.37. The molecule has 0 aliphatic heterocycles. The van der Waals surface area contributed by atoms with E-state index in [2.05, 4.69) is 12.0 Å². The second-order valence-corrected chi connectivity index (χ2v) is 3.25. The molecule has 0 aliphatic carbocycles. The minimum Gasteiger partial charge on any atom is -0.277 e. The van der Waals surface area contributed by atoms with Crippen LogP contribution in [0.1, 0.15) is 30.1 Å². The van der Waals surface area contributed by atoms with Gasteiger partial charge in [0.1, 0.15) is 0 Å². The Bertz CT molecular complexity index is 308. The minimum absolute atomic E-state index is 0.174. The van der Waals surface area contributed by atoms with E-state index in [4.69, 9.17) is 5.84 Å². The first-order valence-electron chi connectivity index (χ1n) is 4.70. The van der Waals surface area contributed by atoms with E-state index in [9.17, 15) is 4.79 Å². The zero-order valence-electron chi connectivity index (χ0n) is 8.60. The van der Waals surface area contributed by atoms with Crippen LogP contribution in [0.25, 0.3) is 0 Å². The quantitative estimate of drug-likeness (QED) is 0.434. The van der Waals surface area contributed by atoms with Crippen LogP contribution >= 0.6 is 0 Å². The molecule has 0 atom stereocenters. The highest BCUT2D eigenvalue weighted by atomic mass is 16.2. The third-order valence-electron chi connectivity index (χ3n) is 1.97. The third-order valence-corrected chi connectivity index (χ3v) is 1.97. The zero-order valence-corrected chi connectivity index (χ0v) is 8.60. The number of rotatable bonds is 4. The van der Waals surface area contributed by atoms with Crippen molar-refractivity contribution in [3.63, 3.8) is 0 Å². The van der Waals surface area contributed by atoms with Gasteiger partial charge < -0.3 is 0 Å². The summed E-state index contributed by atoms with van der Waals surface area (Å²) in [6.45, 7) is 2.65. The van der Waals surface area contributed by atoms with Crippen molar-refractivity contribution in [1.29, 1.82) is 0 Å². The van der Waals surface area contributed by atoms with Crippen molar-refractivity contribution in [2.75, 3.05) is 6.54 Å². The number of nitrogens with two attached hydrogens (primary N) is 1. The number of amides is 1. The molecule has 0 saturated carbocycles. The van der Waals surface area contributed by atoms with Gasteiger partial charge in [-0.3, -0.25) is 14.5 Å². The van der Waals surface area contributed by atoms with Gasteiger partial charge >= 0.3 is 0 Å². The van der Waals surface area contributed by atoms with E-state index in [1.807, 2.05) is 0 Å². The van der Waals surface area contributed by atoms with Gasteiger partial charge in [-0.25, -0.2) is 5.84 Å². The molecule has 1 heterocycles. The molecule has 1 aromatic rings. The molecular weight excluding hydrogens is 180 g/mol. The fourth-order valence-corrected chi connectivity index (χ4v) is 1.13. The molecule has 78 valence electrons. The molecular formula is C9H16N4O. The van der Waals surface area contributed by atoms with Gasteiger partial charge in [0.25, 0.3) is 5.91 Å². The molecule has 1 aromatic heterocycles. The van der Waals surface area contributed by atoms with Crippen molar-refractivity contribution in [3.05, 3.63) is 18.0 Å². The Hall–Kier alpha value is -1.36. The molecule has 0 aromatic carbocycles. The molecule has 5 heteroatoms. The van der Waals surface area contributed by atoms with Crippen LogP contribution in [0.5, 0.6) is 0 Å². The van der Waals surface area contributed by atoms with Gasteiger partial charge in [0, 0.05) is 19.8 Å². The molecule has 1 rings (SSSR count). The van der Waals surface area contributed by atoms with Crippen LogP contribution in [0.3, 0.4) is 0 Å². The summed E-state index contributed by atoms with van der Waals surface area (Å²) >= 11 is 0. The van der Waals surface area contributed by atoms with Crippen molar-refractivity contribution in [3.8, 4) is 0 Å². The number of aryl methyl sites for hydroxylation is 1. The van der Waals surface area contributed by atoms with Crippen molar-refractivity contribution in [2.45, 2.75) is 19.8 Å². The molecule has 14 heavy (non-hydrogen) atoms. The number of hydrogen-bond acceptors (Lipinski definition) is 3. The number of carbonyl (C=O) groups is 1. The van der Waals surface area contributed by atoms with E-state index in [1.54, 1.807) is 17.9 Å². The number of hydrogen-bond donors (Lipinski definition) is 1. The maximum atomic E-state index is 11.6. The Morgan fingerprint density at radius 1 is 1.71 bits per heavy atom. The Balaban J connectivity index is 2.56. The summed E-state index contributed by atoms with van der Waals surface area (Å²) in [4.78, 5) is 11.6. The topological polar surface area (TPSA) is 64.2 Å². The largest absolute Gasteiger partial charge is 0.277 e. The van der Waals surface area contributed by atoms with E-state index in [0.717, 1.165) is 12.8 Å². The molecule has 0 fully saturated rings. The van der Waals surface area contributed by atoms with E-state index in [-0.39, 0.29) is 5.91 Å². The summed E-state index contributed by atoms with van der Waals surface area (Å²) in [5.74, 6) is 5.42. The number of carbonyl (C=O) groups excluding carboxylic acids is 1. The van der Waals surface area contributed by atoms with Crippen LogP contribution in [-0.2, 0) is 7.05 Å². The average Bonchev–Trinajstić information content (AvgIpc) is 2.60. The minimum atomic E-state index is -0.174. The van der Waals surface area contributed by atoms with Crippen LogP contribution in [0.4, 0.5) is 0 Å². The second-order valence-electron chi connectivity index (χ2n) is 3.25. The zero-order chi connectivity index (χ0) is 10.6. The molecule has 1 amide bonds. The Kier molecular flexibility index (Phi) is 3.64. The van der Waals surface area contributed by atoms with E-state index in [0.29, 0.717) is 12.1 Å². The van der Waals surface area contributed by atoms with Crippen LogP contribution in [0.15, 0.2) is 12.4 Å². The summed E-state index contributed by atoms with van der Waals surface area (Å²) < 4.78 is 1.58. The predicted octanol–water partition coefficient (Wildman–Crippen LogP) is 0.536. The molecule has 0 aliphatic rings. The first kappa shape index (κ1) is 10.7. The smallest absolute Gasteiger partial charge is 0.270 e. The SMILES string of the molecule is CCCCN(N)C(=O)c1cnn(C)c1.